The first-order chi connectivity index (χ1) is 8.39. The molecule has 0 saturated heterocycles. The summed E-state index contributed by atoms with van der Waals surface area (Å²) in [5.41, 5.74) is 0.754. The van der Waals surface area contributed by atoms with E-state index in [0.29, 0.717) is 5.02 Å². The Morgan fingerprint density at radius 1 is 1.39 bits per heavy atom. The second-order valence-corrected chi connectivity index (χ2v) is 6.13. The van der Waals surface area contributed by atoms with Gasteiger partial charge in [-0.25, -0.2) is 13.1 Å². The van der Waals surface area contributed by atoms with Crippen LogP contribution in [-0.4, -0.2) is 25.2 Å². The minimum Gasteiger partial charge on any atom is -0.481 e. The predicted molar refractivity (Wildman–Crippen MR) is 68.9 cm³/mol. The van der Waals surface area contributed by atoms with Gasteiger partial charge >= 0.3 is 5.97 Å². The lowest BCUT2D eigenvalue weighted by Crippen LogP contribution is -2.26. The highest BCUT2D eigenvalue weighted by molar-refractivity contribution is 7.89. The van der Waals surface area contributed by atoms with E-state index in [0.717, 1.165) is 5.56 Å². The lowest BCUT2D eigenvalue weighted by molar-refractivity contribution is -0.137. The summed E-state index contributed by atoms with van der Waals surface area (Å²) in [4.78, 5) is 10.3. The molecule has 0 radical (unpaired) electrons. The van der Waals surface area contributed by atoms with Crippen LogP contribution in [0.5, 0.6) is 0 Å². The Hall–Kier alpha value is -1.11. The van der Waals surface area contributed by atoms with Crippen molar-refractivity contribution < 1.29 is 18.3 Å². The number of hydrogen-bond acceptors (Lipinski definition) is 3. The Bertz CT molecular complexity index is 516. The highest BCUT2D eigenvalue weighted by Crippen LogP contribution is 2.10. The molecule has 7 heteroatoms. The van der Waals surface area contributed by atoms with Crippen LogP contribution in [0.4, 0.5) is 0 Å². The minimum atomic E-state index is -3.44. The molecule has 1 aromatic carbocycles. The van der Waals surface area contributed by atoms with Gasteiger partial charge in [0.25, 0.3) is 0 Å². The van der Waals surface area contributed by atoms with Crippen molar-refractivity contribution in [3.05, 3.63) is 34.9 Å². The second-order valence-electron chi connectivity index (χ2n) is 3.77. The normalized spacial score (nSPS) is 11.4. The summed E-state index contributed by atoms with van der Waals surface area (Å²) < 4.78 is 25.5. The van der Waals surface area contributed by atoms with E-state index in [2.05, 4.69) is 4.72 Å². The number of rotatable bonds is 7. The van der Waals surface area contributed by atoms with Gasteiger partial charge in [0.05, 0.1) is 5.75 Å². The number of hydrogen-bond donors (Lipinski definition) is 2. The molecule has 0 spiro atoms. The number of benzene rings is 1. The van der Waals surface area contributed by atoms with Gasteiger partial charge in [0, 0.05) is 18.0 Å². The van der Waals surface area contributed by atoms with Gasteiger partial charge in [0.15, 0.2) is 0 Å². The fourth-order valence-corrected chi connectivity index (χ4v) is 2.59. The van der Waals surface area contributed by atoms with E-state index in [4.69, 9.17) is 16.7 Å². The van der Waals surface area contributed by atoms with Crippen molar-refractivity contribution in [2.24, 2.45) is 0 Å². The average molecular weight is 292 g/mol. The number of sulfonamides is 1. The van der Waals surface area contributed by atoms with Crippen LogP contribution in [0.3, 0.4) is 0 Å². The van der Waals surface area contributed by atoms with Gasteiger partial charge in [-0.15, -0.1) is 0 Å². The van der Waals surface area contributed by atoms with Crippen LogP contribution >= 0.6 is 11.6 Å². The lowest BCUT2D eigenvalue weighted by Gasteiger charge is -2.06. The van der Waals surface area contributed by atoms with Gasteiger partial charge in [-0.2, -0.15) is 0 Å². The fourth-order valence-electron chi connectivity index (χ4n) is 1.33. The Balaban J connectivity index is 2.44. The molecule has 1 aromatic rings. The summed E-state index contributed by atoms with van der Waals surface area (Å²) in [6.45, 7) is 0.149. The van der Waals surface area contributed by atoms with Crippen molar-refractivity contribution in [1.29, 1.82) is 0 Å². The quantitative estimate of drug-likeness (QED) is 0.800. The zero-order chi connectivity index (χ0) is 13.6. The number of halogens is 1. The number of carboxylic acid groups (broad SMARTS) is 1. The summed E-state index contributed by atoms with van der Waals surface area (Å²) in [7, 11) is -3.44. The van der Waals surface area contributed by atoms with E-state index in [1.165, 1.54) is 0 Å². The van der Waals surface area contributed by atoms with Gasteiger partial charge < -0.3 is 5.11 Å². The molecule has 0 aromatic heterocycles. The molecular weight excluding hydrogens is 278 g/mol. The Morgan fingerprint density at radius 3 is 2.72 bits per heavy atom. The molecule has 1 rings (SSSR count). The van der Waals surface area contributed by atoms with Crippen molar-refractivity contribution in [1.82, 2.24) is 4.72 Å². The van der Waals surface area contributed by atoms with Crippen LogP contribution in [0.15, 0.2) is 24.3 Å². The van der Waals surface area contributed by atoms with E-state index in [9.17, 15) is 13.2 Å². The molecule has 0 bridgehead atoms. The van der Waals surface area contributed by atoms with Gasteiger partial charge in [-0.1, -0.05) is 23.7 Å². The minimum absolute atomic E-state index is 0.0974. The topological polar surface area (TPSA) is 83.5 Å². The molecule has 0 amide bonds. The first kappa shape index (κ1) is 14.9. The van der Waals surface area contributed by atoms with Crippen molar-refractivity contribution >= 4 is 27.6 Å². The Labute approximate surface area is 111 Å². The van der Waals surface area contributed by atoms with Crippen molar-refractivity contribution in [2.75, 3.05) is 5.75 Å². The number of carbonyl (C=O) groups is 1. The van der Waals surface area contributed by atoms with Gasteiger partial charge in [-0.3, -0.25) is 4.79 Å². The maximum Gasteiger partial charge on any atom is 0.303 e. The third kappa shape index (κ3) is 6.00. The summed E-state index contributed by atoms with van der Waals surface area (Å²) in [5, 5.41) is 8.96. The standard InChI is InChI=1S/C11H14ClNO4S/c12-10-4-1-3-9(7-10)8-13-18(16,17)6-2-5-11(14)15/h1,3-4,7,13H,2,5-6,8H2,(H,14,15). The molecule has 18 heavy (non-hydrogen) atoms. The summed E-state index contributed by atoms with van der Waals surface area (Å²) in [6.07, 6.45) is -0.0573. The van der Waals surface area contributed by atoms with E-state index >= 15 is 0 Å². The maximum absolute atomic E-state index is 11.5. The monoisotopic (exact) mass is 291 g/mol. The highest BCUT2D eigenvalue weighted by atomic mass is 35.5. The molecule has 0 heterocycles. The van der Waals surface area contributed by atoms with E-state index in [1.54, 1.807) is 24.3 Å². The van der Waals surface area contributed by atoms with Crippen LogP contribution in [0.1, 0.15) is 18.4 Å². The molecule has 0 aliphatic heterocycles. The van der Waals surface area contributed by atoms with Crippen molar-refractivity contribution in [3.8, 4) is 0 Å². The molecule has 0 aliphatic rings. The molecule has 0 saturated carbocycles. The predicted octanol–water partition coefficient (Wildman–Crippen LogP) is 1.62. The zero-order valence-corrected chi connectivity index (χ0v) is 11.2. The Morgan fingerprint density at radius 2 is 2.11 bits per heavy atom. The van der Waals surface area contributed by atoms with Crippen LogP contribution in [-0.2, 0) is 21.4 Å². The third-order valence-electron chi connectivity index (χ3n) is 2.19. The number of nitrogens with one attached hydrogen (secondary N) is 1. The van der Waals surface area contributed by atoms with Gasteiger partial charge in [0.1, 0.15) is 0 Å². The number of aliphatic carboxylic acids is 1. The fraction of sp³-hybridized carbons (Fsp3) is 0.364. The van der Waals surface area contributed by atoms with E-state index in [-0.39, 0.29) is 25.1 Å². The SMILES string of the molecule is O=C(O)CCCS(=O)(=O)NCc1cccc(Cl)c1. The van der Waals surface area contributed by atoms with Gasteiger partial charge in [-0.05, 0) is 24.1 Å². The molecule has 0 unspecified atom stereocenters. The summed E-state index contributed by atoms with van der Waals surface area (Å²) in [5.74, 6) is -1.19. The lowest BCUT2D eigenvalue weighted by atomic mass is 10.2. The van der Waals surface area contributed by atoms with Crippen LogP contribution < -0.4 is 4.72 Å². The second kappa shape index (κ2) is 6.72. The molecule has 0 atom stereocenters. The summed E-state index contributed by atoms with van der Waals surface area (Å²) in [6, 6.07) is 6.86. The first-order valence-electron chi connectivity index (χ1n) is 5.32. The van der Waals surface area contributed by atoms with E-state index in [1.807, 2.05) is 0 Å². The first-order valence-corrected chi connectivity index (χ1v) is 7.36. The largest absolute Gasteiger partial charge is 0.481 e. The Kier molecular flexibility index (Phi) is 5.58. The molecule has 5 nitrogen and oxygen atoms in total. The smallest absolute Gasteiger partial charge is 0.303 e. The van der Waals surface area contributed by atoms with Gasteiger partial charge in [0.2, 0.25) is 10.0 Å². The average Bonchev–Trinajstić information content (AvgIpc) is 2.26. The zero-order valence-electron chi connectivity index (χ0n) is 9.60. The third-order valence-corrected chi connectivity index (χ3v) is 3.83. The van der Waals surface area contributed by atoms with Crippen LogP contribution in [0, 0.1) is 0 Å². The molecule has 2 N–H and O–H groups in total. The van der Waals surface area contributed by atoms with Crippen LogP contribution in [0.2, 0.25) is 5.02 Å². The highest BCUT2D eigenvalue weighted by Gasteiger charge is 2.10. The molecule has 0 aliphatic carbocycles. The van der Waals surface area contributed by atoms with Crippen molar-refractivity contribution in [2.45, 2.75) is 19.4 Å². The molecular formula is C11H14ClNO4S. The van der Waals surface area contributed by atoms with Crippen LogP contribution in [0.25, 0.3) is 0 Å². The summed E-state index contributed by atoms with van der Waals surface area (Å²) >= 11 is 5.77. The molecule has 100 valence electrons. The number of carboxylic acids is 1. The molecule has 0 fully saturated rings. The van der Waals surface area contributed by atoms with Crippen molar-refractivity contribution in [3.63, 3.8) is 0 Å². The maximum atomic E-state index is 11.5. The van der Waals surface area contributed by atoms with E-state index < -0.39 is 16.0 Å².